The van der Waals surface area contributed by atoms with Crippen molar-refractivity contribution in [3.05, 3.63) is 29.8 Å². The van der Waals surface area contributed by atoms with E-state index in [-0.39, 0.29) is 12.2 Å². The second-order valence-electron chi connectivity index (χ2n) is 4.26. The van der Waals surface area contributed by atoms with Crippen LogP contribution in [0.2, 0.25) is 0 Å². The first kappa shape index (κ1) is 11.3. The molecule has 0 amide bonds. The standard InChI is InChI=1S/C12H14O3S/c1-9-3-2-4-11(7-9)16(14,15)12-6-5-10(13)8-12/h2-4,7,12H,5-6,8H2,1H3. The molecule has 0 aromatic heterocycles. The number of ketones is 1. The number of benzene rings is 1. The van der Waals surface area contributed by atoms with E-state index in [1.807, 2.05) is 13.0 Å². The molecule has 1 aliphatic rings. The average molecular weight is 238 g/mol. The van der Waals surface area contributed by atoms with Crippen LogP contribution in [0, 0.1) is 6.92 Å². The van der Waals surface area contributed by atoms with Gasteiger partial charge in [0, 0.05) is 12.8 Å². The number of carbonyl (C=O) groups is 1. The van der Waals surface area contributed by atoms with E-state index < -0.39 is 15.1 Å². The van der Waals surface area contributed by atoms with E-state index in [1.165, 1.54) is 0 Å². The third-order valence-corrected chi connectivity index (χ3v) is 5.15. The van der Waals surface area contributed by atoms with Crippen molar-refractivity contribution in [2.75, 3.05) is 0 Å². The Morgan fingerprint density at radius 1 is 1.31 bits per heavy atom. The Morgan fingerprint density at radius 3 is 2.62 bits per heavy atom. The second kappa shape index (κ2) is 4.01. The Morgan fingerprint density at radius 2 is 2.06 bits per heavy atom. The monoisotopic (exact) mass is 238 g/mol. The first-order valence-corrected chi connectivity index (χ1v) is 6.87. The highest BCUT2D eigenvalue weighted by Gasteiger charge is 2.34. The molecule has 0 aliphatic heterocycles. The normalized spacial score (nSPS) is 21.3. The topological polar surface area (TPSA) is 51.2 Å². The Hall–Kier alpha value is -1.16. The average Bonchev–Trinajstić information content (AvgIpc) is 2.65. The number of hydrogen-bond donors (Lipinski definition) is 0. The predicted molar refractivity (Wildman–Crippen MR) is 61.0 cm³/mol. The molecule has 16 heavy (non-hydrogen) atoms. The lowest BCUT2D eigenvalue weighted by atomic mass is 10.2. The van der Waals surface area contributed by atoms with E-state index in [0.29, 0.717) is 17.7 Å². The van der Waals surface area contributed by atoms with Crippen LogP contribution in [0.1, 0.15) is 24.8 Å². The molecule has 1 aromatic rings. The molecule has 0 heterocycles. The highest BCUT2D eigenvalue weighted by atomic mass is 32.2. The maximum absolute atomic E-state index is 12.2. The molecule has 0 N–H and O–H groups in total. The molecule has 86 valence electrons. The van der Waals surface area contributed by atoms with Gasteiger partial charge in [-0.05, 0) is 31.0 Å². The minimum atomic E-state index is -3.31. The molecule has 1 atom stereocenters. The zero-order chi connectivity index (χ0) is 11.8. The summed E-state index contributed by atoms with van der Waals surface area (Å²) in [5.41, 5.74) is 0.922. The molecule has 1 aliphatic carbocycles. The van der Waals surface area contributed by atoms with Gasteiger partial charge in [-0.2, -0.15) is 0 Å². The van der Waals surface area contributed by atoms with Gasteiger partial charge in [0.1, 0.15) is 5.78 Å². The van der Waals surface area contributed by atoms with Gasteiger partial charge in [0.05, 0.1) is 10.1 Å². The molecule has 0 spiro atoms. The minimum Gasteiger partial charge on any atom is -0.300 e. The second-order valence-corrected chi connectivity index (χ2v) is 6.49. The summed E-state index contributed by atoms with van der Waals surface area (Å²) >= 11 is 0. The maximum Gasteiger partial charge on any atom is 0.181 e. The van der Waals surface area contributed by atoms with Crippen LogP contribution in [0.5, 0.6) is 0 Å². The van der Waals surface area contributed by atoms with Crippen molar-refractivity contribution in [2.24, 2.45) is 0 Å². The number of carbonyl (C=O) groups excluding carboxylic acids is 1. The van der Waals surface area contributed by atoms with Gasteiger partial charge in [-0.25, -0.2) is 8.42 Å². The fourth-order valence-electron chi connectivity index (χ4n) is 2.03. The maximum atomic E-state index is 12.2. The summed E-state index contributed by atoms with van der Waals surface area (Å²) in [6.45, 7) is 1.86. The molecule has 0 radical (unpaired) electrons. The number of aryl methyl sites for hydroxylation is 1. The molecular weight excluding hydrogens is 224 g/mol. The summed E-state index contributed by atoms with van der Waals surface area (Å²) in [6, 6.07) is 6.86. The van der Waals surface area contributed by atoms with Crippen molar-refractivity contribution < 1.29 is 13.2 Å². The van der Waals surface area contributed by atoms with Crippen LogP contribution in [-0.4, -0.2) is 19.5 Å². The smallest absolute Gasteiger partial charge is 0.181 e. The zero-order valence-corrected chi connectivity index (χ0v) is 9.96. The van der Waals surface area contributed by atoms with Crippen molar-refractivity contribution in [2.45, 2.75) is 36.3 Å². The van der Waals surface area contributed by atoms with Gasteiger partial charge in [-0.1, -0.05) is 12.1 Å². The SMILES string of the molecule is Cc1cccc(S(=O)(=O)C2CCC(=O)C2)c1. The molecule has 1 unspecified atom stereocenters. The van der Waals surface area contributed by atoms with Crippen LogP contribution in [0.25, 0.3) is 0 Å². The third kappa shape index (κ3) is 2.02. The van der Waals surface area contributed by atoms with Gasteiger partial charge >= 0.3 is 0 Å². The van der Waals surface area contributed by atoms with Gasteiger partial charge in [-0.15, -0.1) is 0 Å². The van der Waals surface area contributed by atoms with E-state index in [4.69, 9.17) is 0 Å². The van der Waals surface area contributed by atoms with E-state index >= 15 is 0 Å². The lowest BCUT2D eigenvalue weighted by molar-refractivity contribution is -0.117. The molecule has 2 rings (SSSR count). The van der Waals surface area contributed by atoms with Gasteiger partial charge in [0.2, 0.25) is 0 Å². The molecule has 1 aromatic carbocycles. The van der Waals surface area contributed by atoms with Crippen LogP contribution in [0.4, 0.5) is 0 Å². The van der Waals surface area contributed by atoms with Crippen molar-refractivity contribution >= 4 is 15.6 Å². The van der Waals surface area contributed by atoms with E-state index in [1.54, 1.807) is 18.2 Å². The molecule has 4 heteroatoms. The van der Waals surface area contributed by atoms with Gasteiger partial charge in [0.15, 0.2) is 9.84 Å². The lowest BCUT2D eigenvalue weighted by Gasteiger charge is -2.10. The van der Waals surface area contributed by atoms with Gasteiger partial charge in [-0.3, -0.25) is 4.79 Å². The fourth-order valence-corrected chi connectivity index (χ4v) is 3.87. The molecule has 0 bridgehead atoms. The summed E-state index contributed by atoms with van der Waals surface area (Å²) in [5.74, 6) is 0.0567. The highest BCUT2D eigenvalue weighted by Crippen LogP contribution is 2.27. The van der Waals surface area contributed by atoms with Crippen LogP contribution in [0.3, 0.4) is 0 Å². The van der Waals surface area contributed by atoms with Crippen LogP contribution in [-0.2, 0) is 14.6 Å². The largest absolute Gasteiger partial charge is 0.300 e. The molecule has 1 saturated carbocycles. The number of rotatable bonds is 2. The van der Waals surface area contributed by atoms with Gasteiger partial charge < -0.3 is 0 Å². The van der Waals surface area contributed by atoms with E-state index in [0.717, 1.165) is 5.56 Å². The van der Waals surface area contributed by atoms with Crippen molar-refractivity contribution in [1.29, 1.82) is 0 Å². The summed E-state index contributed by atoms with van der Waals surface area (Å²) in [7, 11) is -3.31. The third-order valence-electron chi connectivity index (χ3n) is 2.96. The highest BCUT2D eigenvalue weighted by molar-refractivity contribution is 7.92. The van der Waals surface area contributed by atoms with Crippen LogP contribution >= 0.6 is 0 Å². The molecular formula is C12H14O3S. The Labute approximate surface area is 95.4 Å². The summed E-state index contributed by atoms with van der Waals surface area (Å²) in [5, 5.41) is -0.512. The summed E-state index contributed by atoms with van der Waals surface area (Å²) < 4.78 is 24.4. The van der Waals surface area contributed by atoms with Crippen molar-refractivity contribution in [3.63, 3.8) is 0 Å². The quantitative estimate of drug-likeness (QED) is 0.790. The lowest BCUT2D eigenvalue weighted by Crippen LogP contribution is -2.18. The number of hydrogen-bond acceptors (Lipinski definition) is 3. The minimum absolute atomic E-state index is 0.0567. The Kier molecular flexibility index (Phi) is 2.84. The summed E-state index contributed by atoms with van der Waals surface area (Å²) in [6.07, 6.45) is 1.04. The Bertz CT molecular complexity index is 517. The van der Waals surface area contributed by atoms with E-state index in [2.05, 4.69) is 0 Å². The fraction of sp³-hybridized carbons (Fsp3) is 0.417. The van der Waals surface area contributed by atoms with Crippen LogP contribution in [0.15, 0.2) is 29.2 Å². The van der Waals surface area contributed by atoms with Gasteiger partial charge in [0.25, 0.3) is 0 Å². The number of Topliss-reactive ketones (excluding diaryl/α,β-unsaturated/α-hetero) is 1. The number of sulfone groups is 1. The van der Waals surface area contributed by atoms with E-state index in [9.17, 15) is 13.2 Å². The molecule has 3 nitrogen and oxygen atoms in total. The first-order chi connectivity index (χ1) is 7.50. The molecule has 0 saturated heterocycles. The Balaban J connectivity index is 2.36. The summed E-state index contributed by atoms with van der Waals surface area (Å²) in [4.78, 5) is 11.5. The van der Waals surface area contributed by atoms with Crippen molar-refractivity contribution in [1.82, 2.24) is 0 Å². The predicted octanol–water partition coefficient (Wildman–Crippen LogP) is 1.89. The van der Waals surface area contributed by atoms with Crippen molar-refractivity contribution in [3.8, 4) is 0 Å². The zero-order valence-electron chi connectivity index (χ0n) is 9.14. The molecule has 1 fully saturated rings. The first-order valence-electron chi connectivity index (χ1n) is 5.32. The van der Waals surface area contributed by atoms with Crippen LogP contribution < -0.4 is 0 Å².